The number of anilines is 1. The lowest BCUT2D eigenvalue weighted by Crippen LogP contribution is -2.37. The second-order valence-electron chi connectivity index (χ2n) is 6.43. The smallest absolute Gasteiger partial charge is 0.246 e. The van der Waals surface area contributed by atoms with E-state index in [4.69, 9.17) is 0 Å². The molecule has 20 heavy (non-hydrogen) atoms. The number of aryl methyl sites for hydroxylation is 1. The van der Waals surface area contributed by atoms with Crippen LogP contribution in [0.2, 0.25) is 0 Å². The maximum Gasteiger partial charge on any atom is 0.246 e. The molecule has 1 aliphatic rings. The molecule has 1 aromatic carbocycles. The van der Waals surface area contributed by atoms with E-state index in [0.29, 0.717) is 12.8 Å². The maximum atomic E-state index is 12.1. The van der Waals surface area contributed by atoms with Crippen molar-refractivity contribution in [3.05, 3.63) is 29.3 Å². The average molecular weight is 274 g/mol. The number of hydrogen-bond acceptors (Lipinski definition) is 2. The first-order chi connectivity index (χ1) is 9.27. The number of nitrogens with one attached hydrogen (secondary N) is 2. The van der Waals surface area contributed by atoms with Gasteiger partial charge in [-0.25, -0.2) is 0 Å². The van der Waals surface area contributed by atoms with Crippen LogP contribution < -0.4 is 10.6 Å². The topological polar surface area (TPSA) is 58.2 Å². The predicted octanol–water partition coefficient (Wildman–Crippen LogP) is 2.51. The van der Waals surface area contributed by atoms with Crippen LogP contribution in [-0.2, 0) is 15.0 Å². The predicted molar refractivity (Wildman–Crippen MR) is 79.7 cm³/mol. The fraction of sp³-hybridized carbons (Fsp3) is 0.500. The largest absolute Gasteiger partial charge is 0.344 e. The number of hydrogen-bond donors (Lipinski definition) is 2. The van der Waals surface area contributed by atoms with Gasteiger partial charge in [0.2, 0.25) is 11.8 Å². The van der Waals surface area contributed by atoms with E-state index in [1.807, 2.05) is 19.1 Å². The molecular formula is C16H22N2O2. The molecule has 4 nitrogen and oxygen atoms in total. The van der Waals surface area contributed by atoms with Crippen molar-refractivity contribution in [2.45, 2.75) is 52.0 Å². The second-order valence-corrected chi connectivity index (χ2v) is 6.43. The summed E-state index contributed by atoms with van der Waals surface area (Å²) in [4.78, 5) is 23.2. The number of rotatable bonds is 2. The van der Waals surface area contributed by atoms with Crippen LogP contribution in [0, 0.1) is 6.92 Å². The Bertz CT molecular complexity index is 544. The SMILES string of the molecule is Cc1cc(C(C)(C)C)ccc1NC(=O)C1CCC(=O)N1. The quantitative estimate of drug-likeness (QED) is 0.870. The van der Waals surface area contributed by atoms with Crippen molar-refractivity contribution in [1.82, 2.24) is 5.32 Å². The minimum Gasteiger partial charge on any atom is -0.344 e. The lowest BCUT2D eigenvalue weighted by atomic mass is 9.86. The average Bonchev–Trinajstić information content (AvgIpc) is 2.77. The third-order valence-corrected chi connectivity index (χ3v) is 3.66. The first kappa shape index (κ1) is 14.6. The molecule has 4 heteroatoms. The summed E-state index contributed by atoms with van der Waals surface area (Å²) in [5, 5.41) is 5.58. The van der Waals surface area contributed by atoms with Gasteiger partial charge in [-0.1, -0.05) is 32.9 Å². The van der Waals surface area contributed by atoms with E-state index in [2.05, 4.69) is 37.5 Å². The van der Waals surface area contributed by atoms with Gasteiger partial charge in [-0.2, -0.15) is 0 Å². The Hall–Kier alpha value is -1.84. The Kier molecular flexibility index (Phi) is 3.84. The Morgan fingerprint density at radius 2 is 2.05 bits per heavy atom. The summed E-state index contributed by atoms with van der Waals surface area (Å²) in [6.07, 6.45) is 1.00. The van der Waals surface area contributed by atoms with Gasteiger partial charge in [-0.05, 0) is 36.0 Å². The minimum atomic E-state index is -0.399. The van der Waals surface area contributed by atoms with Gasteiger partial charge in [0.05, 0.1) is 0 Å². The number of benzene rings is 1. The van der Waals surface area contributed by atoms with Crippen LogP contribution in [0.25, 0.3) is 0 Å². The Labute approximate surface area is 119 Å². The molecule has 1 aromatic rings. The van der Waals surface area contributed by atoms with Gasteiger partial charge in [0, 0.05) is 12.1 Å². The molecule has 1 aliphatic heterocycles. The highest BCUT2D eigenvalue weighted by Crippen LogP contribution is 2.26. The van der Waals surface area contributed by atoms with Gasteiger partial charge in [0.25, 0.3) is 0 Å². The third kappa shape index (κ3) is 3.18. The summed E-state index contributed by atoms with van der Waals surface area (Å²) >= 11 is 0. The van der Waals surface area contributed by atoms with Crippen LogP contribution in [0.5, 0.6) is 0 Å². The van der Waals surface area contributed by atoms with Crippen molar-refractivity contribution in [2.24, 2.45) is 0 Å². The fourth-order valence-electron chi connectivity index (χ4n) is 2.30. The molecule has 2 rings (SSSR count). The molecule has 0 bridgehead atoms. The number of carbonyl (C=O) groups excluding carboxylic acids is 2. The lowest BCUT2D eigenvalue weighted by Gasteiger charge is -2.21. The second kappa shape index (κ2) is 5.27. The van der Waals surface area contributed by atoms with E-state index in [-0.39, 0.29) is 17.2 Å². The molecular weight excluding hydrogens is 252 g/mol. The van der Waals surface area contributed by atoms with Gasteiger partial charge in [-0.3, -0.25) is 9.59 Å². The lowest BCUT2D eigenvalue weighted by molar-refractivity contribution is -0.122. The molecule has 0 aliphatic carbocycles. The van der Waals surface area contributed by atoms with Crippen LogP contribution in [0.4, 0.5) is 5.69 Å². The summed E-state index contributed by atoms with van der Waals surface area (Å²) in [6, 6.07) is 5.67. The van der Waals surface area contributed by atoms with E-state index < -0.39 is 6.04 Å². The molecule has 1 atom stereocenters. The summed E-state index contributed by atoms with van der Waals surface area (Å²) in [5.74, 6) is -0.188. The standard InChI is InChI=1S/C16H22N2O2/c1-10-9-11(16(2,3)4)5-6-12(10)18-15(20)13-7-8-14(19)17-13/h5-6,9,13H,7-8H2,1-4H3,(H,17,19)(H,18,20). The molecule has 0 aromatic heterocycles. The van der Waals surface area contributed by atoms with Crippen LogP contribution in [-0.4, -0.2) is 17.9 Å². The maximum absolute atomic E-state index is 12.1. The normalized spacial score (nSPS) is 18.8. The summed E-state index contributed by atoms with van der Waals surface area (Å²) in [6.45, 7) is 8.47. The van der Waals surface area contributed by atoms with Crippen molar-refractivity contribution < 1.29 is 9.59 Å². The van der Waals surface area contributed by atoms with E-state index >= 15 is 0 Å². The third-order valence-electron chi connectivity index (χ3n) is 3.66. The van der Waals surface area contributed by atoms with Crippen molar-refractivity contribution in [1.29, 1.82) is 0 Å². The van der Waals surface area contributed by atoms with E-state index in [1.54, 1.807) is 0 Å². The van der Waals surface area contributed by atoms with Gasteiger partial charge in [0.15, 0.2) is 0 Å². The molecule has 108 valence electrons. The van der Waals surface area contributed by atoms with Crippen LogP contribution in [0.1, 0.15) is 44.7 Å². The van der Waals surface area contributed by atoms with Gasteiger partial charge < -0.3 is 10.6 Å². The van der Waals surface area contributed by atoms with Crippen LogP contribution in [0.3, 0.4) is 0 Å². The van der Waals surface area contributed by atoms with E-state index in [0.717, 1.165) is 11.3 Å². The van der Waals surface area contributed by atoms with E-state index in [9.17, 15) is 9.59 Å². The summed E-state index contributed by atoms with van der Waals surface area (Å²) in [7, 11) is 0. The van der Waals surface area contributed by atoms with Crippen molar-refractivity contribution in [3.8, 4) is 0 Å². The first-order valence-electron chi connectivity index (χ1n) is 6.99. The van der Waals surface area contributed by atoms with Gasteiger partial charge >= 0.3 is 0 Å². The van der Waals surface area contributed by atoms with Gasteiger partial charge in [-0.15, -0.1) is 0 Å². The molecule has 2 amide bonds. The molecule has 1 heterocycles. The highest BCUT2D eigenvalue weighted by atomic mass is 16.2. The van der Waals surface area contributed by atoms with Crippen molar-refractivity contribution in [2.75, 3.05) is 5.32 Å². The zero-order chi connectivity index (χ0) is 14.9. The molecule has 2 N–H and O–H groups in total. The number of carbonyl (C=O) groups is 2. The Morgan fingerprint density at radius 1 is 1.35 bits per heavy atom. The van der Waals surface area contributed by atoms with Crippen LogP contribution >= 0.6 is 0 Å². The highest BCUT2D eigenvalue weighted by molar-refractivity contribution is 5.99. The zero-order valence-corrected chi connectivity index (χ0v) is 12.5. The summed E-state index contributed by atoms with van der Waals surface area (Å²) < 4.78 is 0. The van der Waals surface area contributed by atoms with Gasteiger partial charge in [0.1, 0.15) is 6.04 Å². The zero-order valence-electron chi connectivity index (χ0n) is 12.5. The molecule has 1 unspecified atom stereocenters. The highest BCUT2D eigenvalue weighted by Gasteiger charge is 2.27. The minimum absolute atomic E-state index is 0.0510. The monoisotopic (exact) mass is 274 g/mol. The van der Waals surface area contributed by atoms with Crippen molar-refractivity contribution >= 4 is 17.5 Å². The Balaban J connectivity index is 2.10. The molecule has 1 fully saturated rings. The first-order valence-corrected chi connectivity index (χ1v) is 6.99. The molecule has 0 spiro atoms. The Morgan fingerprint density at radius 3 is 2.55 bits per heavy atom. The molecule has 1 saturated heterocycles. The van der Waals surface area contributed by atoms with E-state index in [1.165, 1.54) is 5.56 Å². The van der Waals surface area contributed by atoms with Crippen molar-refractivity contribution in [3.63, 3.8) is 0 Å². The molecule has 0 radical (unpaired) electrons. The molecule has 0 saturated carbocycles. The summed E-state index contributed by atoms with van der Waals surface area (Å²) in [5.41, 5.74) is 3.17. The fourth-order valence-corrected chi connectivity index (χ4v) is 2.30. The van der Waals surface area contributed by atoms with Crippen LogP contribution in [0.15, 0.2) is 18.2 Å². The number of amides is 2.